The van der Waals surface area contributed by atoms with E-state index in [9.17, 15) is 10.1 Å². The van der Waals surface area contributed by atoms with Crippen LogP contribution in [0.15, 0.2) is 79.0 Å². The van der Waals surface area contributed by atoms with Gasteiger partial charge in [-0.3, -0.25) is 10.1 Å². The Morgan fingerprint density at radius 1 is 0.967 bits per heavy atom. The van der Waals surface area contributed by atoms with E-state index < -0.39 is 0 Å². The highest BCUT2D eigenvalue weighted by Crippen LogP contribution is 2.24. The van der Waals surface area contributed by atoms with Gasteiger partial charge in [-0.25, -0.2) is 0 Å². The average Bonchev–Trinajstić information content (AvgIpc) is 3.14. The molecule has 0 amide bonds. The Kier molecular flexibility index (Phi) is 7.06. The van der Waals surface area contributed by atoms with Crippen molar-refractivity contribution in [3.05, 3.63) is 100 Å². The fraction of sp³-hybridized carbons (Fsp3) is 0.130. The van der Waals surface area contributed by atoms with Crippen LogP contribution in [0.25, 0.3) is 10.9 Å². The molecule has 0 aliphatic carbocycles. The fourth-order valence-corrected chi connectivity index (χ4v) is 3.29. The number of hydrogen-bond acceptors (Lipinski definition) is 4. The SMILES string of the molecule is Cl.O=[N+]([O-])c1ccc2[nH]cc(CCNCc3cccc(Oc4ccccc4)c3)c2c1. The molecule has 30 heavy (non-hydrogen) atoms. The van der Waals surface area contributed by atoms with Crippen LogP contribution in [0, 0.1) is 10.1 Å². The smallest absolute Gasteiger partial charge is 0.270 e. The van der Waals surface area contributed by atoms with E-state index in [0.717, 1.165) is 46.5 Å². The molecular formula is C23H22ClN3O3. The van der Waals surface area contributed by atoms with Gasteiger partial charge in [0.1, 0.15) is 11.5 Å². The van der Waals surface area contributed by atoms with E-state index in [0.29, 0.717) is 6.54 Å². The lowest BCUT2D eigenvalue weighted by atomic mass is 10.1. The van der Waals surface area contributed by atoms with Gasteiger partial charge < -0.3 is 15.0 Å². The second-order valence-corrected chi connectivity index (χ2v) is 6.79. The number of nitrogens with one attached hydrogen (secondary N) is 2. The standard InChI is InChI=1S/C23H21N3O3.ClH/c27-26(28)19-9-10-23-22(14-19)18(16-25-23)11-12-24-15-17-5-4-8-21(13-17)29-20-6-2-1-3-7-20;/h1-10,13-14,16,24-25H,11-12,15H2;1H. The average molecular weight is 424 g/mol. The van der Waals surface area contributed by atoms with E-state index in [2.05, 4.69) is 16.4 Å². The molecule has 154 valence electrons. The highest BCUT2D eigenvalue weighted by Gasteiger charge is 2.10. The maximum atomic E-state index is 11.0. The number of aromatic nitrogens is 1. The van der Waals surface area contributed by atoms with Crippen LogP contribution >= 0.6 is 12.4 Å². The molecule has 1 aromatic heterocycles. The summed E-state index contributed by atoms with van der Waals surface area (Å²) in [4.78, 5) is 13.8. The maximum absolute atomic E-state index is 11.0. The van der Waals surface area contributed by atoms with Crippen molar-refractivity contribution in [1.29, 1.82) is 0 Å². The van der Waals surface area contributed by atoms with Crippen LogP contribution < -0.4 is 10.1 Å². The molecular weight excluding hydrogens is 402 g/mol. The third-order valence-corrected chi connectivity index (χ3v) is 4.74. The zero-order valence-corrected chi connectivity index (χ0v) is 17.0. The Bertz CT molecular complexity index is 1130. The Hall–Kier alpha value is -3.35. The Labute approximate surface area is 180 Å². The first-order valence-corrected chi connectivity index (χ1v) is 9.46. The number of H-pyrrole nitrogens is 1. The van der Waals surface area contributed by atoms with Crippen LogP contribution in [-0.4, -0.2) is 16.5 Å². The molecule has 0 radical (unpaired) electrons. The minimum Gasteiger partial charge on any atom is -0.457 e. The topological polar surface area (TPSA) is 80.2 Å². The molecule has 6 nitrogen and oxygen atoms in total. The normalized spacial score (nSPS) is 10.5. The summed E-state index contributed by atoms with van der Waals surface area (Å²) < 4.78 is 5.88. The summed E-state index contributed by atoms with van der Waals surface area (Å²) in [5, 5.41) is 15.3. The molecule has 0 saturated heterocycles. The van der Waals surface area contributed by atoms with Gasteiger partial charge in [-0.15, -0.1) is 12.4 Å². The van der Waals surface area contributed by atoms with Crippen LogP contribution in [-0.2, 0) is 13.0 Å². The Balaban J connectivity index is 0.00000256. The molecule has 4 rings (SSSR count). The number of benzene rings is 3. The molecule has 0 aliphatic rings. The number of fused-ring (bicyclic) bond motifs is 1. The van der Waals surface area contributed by atoms with Crippen LogP contribution in [0.3, 0.4) is 0 Å². The van der Waals surface area contributed by atoms with Gasteiger partial charge in [0.2, 0.25) is 0 Å². The van der Waals surface area contributed by atoms with Gasteiger partial charge >= 0.3 is 0 Å². The molecule has 2 N–H and O–H groups in total. The number of halogens is 1. The summed E-state index contributed by atoms with van der Waals surface area (Å²) in [6.45, 7) is 1.48. The molecule has 0 atom stereocenters. The summed E-state index contributed by atoms with van der Waals surface area (Å²) >= 11 is 0. The van der Waals surface area contributed by atoms with Gasteiger partial charge in [-0.1, -0.05) is 30.3 Å². The van der Waals surface area contributed by atoms with Crippen molar-refractivity contribution in [2.75, 3.05) is 6.54 Å². The number of nitro groups is 1. The minimum absolute atomic E-state index is 0. The number of hydrogen-bond donors (Lipinski definition) is 2. The van der Waals surface area contributed by atoms with Gasteiger partial charge in [0.05, 0.1) is 4.92 Å². The van der Waals surface area contributed by atoms with Crippen LogP contribution in [0.4, 0.5) is 5.69 Å². The van der Waals surface area contributed by atoms with Crippen LogP contribution in [0.5, 0.6) is 11.5 Å². The second-order valence-electron chi connectivity index (χ2n) is 6.79. The molecule has 0 fully saturated rings. The van der Waals surface area contributed by atoms with Crippen molar-refractivity contribution in [3.63, 3.8) is 0 Å². The van der Waals surface area contributed by atoms with E-state index in [-0.39, 0.29) is 23.0 Å². The van der Waals surface area contributed by atoms with E-state index in [1.165, 1.54) is 6.07 Å². The fourth-order valence-electron chi connectivity index (χ4n) is 3.29. The number of para-hydroxylation sites is 1. The van der Waals surface area contributed by atoms with Crippen LogP contribution in [0.2, 0.25) is 0 Å². The zero-order valence-electron chi connectivity index (χ0n) is 16.2. The highest BCUT2D eigenvalue weighted by atomic mass is 35.5. The first kappa shape index (κ1) is 21.4. The third kappa shape index (κ3) is 5.17. The van der Waals surface area contributed by atoms with E-state index in [1.54, 1.807) is 12.1 Å². The van der Waals surface area contributed by atoms with Crippen molar-refractivity contribution in [3.8, 4) is 11.5 Å². The van der Waals surface area contributed by atoms with Crippen LogP contribution in [0.1, 0.15) is 11.1 Å². The van der Waals surface area contributed by atoms with Crippen molar-refractivity contribution < 1.29 is 9.66 Å². The quantitative estimate of drug-likeness (QED) is 0.219. The lowest BCUT2D eigenvalue weighted by Gasteiger charge is -2.08. The summed E-state index contributed by atoms with van der Waals surface area (Å²) in [5.41, 5.74) is 3.23. The monoisotopic (exact) mass is 423 g/mol. The lowest BCUT2D eigenvalue weighted by molar-refractivity contribution is -0.384. The molecule has 7 heteroatoms. The Morgan fingerprint density at radius 2 is 1.77 bits per heavy atom. The highest BCUT2D eigenvalue weighted by molar-refractivity contribution is 5.85. The third-order valence-electron chi connectivity index (χ3n) is 4.74. The zero-order chi connectivity index (χ0) is 20.1. The number of nitrogens with zero attached hydrogens (tertiary/aromatic N) is 1. The Morgan fingerprint density at radius 3 is 2.57 bits per heavy atom. The van der Waals surface area contributed by atoms with Crippen molar-refractivity contribution in [1.82, 2.24) is 10.3 Å². The minimum atomic E-state index is -0.362. The van der Waals surface area contributed by atoms with Gasteiger partial charge in [0.25, 0.3) is 5.69 Å². The lowest BCUT2D eigenvalue weighted by Crippen LogP contribution is -2.16. The van der Waals surface area contributed by atoms with Gasteiger partial charge in [0, 0.05) is 35.8 Å². The molecule has 3 aromatic carbocycles. The molecule has 0 saturated carbocycles. The maximum Gasteiger partial charge on any atom is 0.270 e. The predicted molar refractivity (Wildman–Crippen MR) is 121 cm³/mol. The van der Waals surface area contributed by atoms with Gasteiger partial charge in [-0.05, 0) is 54.4 Å². The van der Waals surface area contributed by atoms with Crippen molar-refractivity contribution >= 4 is 29.0 Å². The molecule has 0 aliphatic heterocycles. The summed E-state index contributed by atoms with van der Waals surface area (Å²) in [6, 6.07) is 22.6. The molecule has 0 bridgehead atoms. The first-order valence-electron chi connectivity index (χ1n) is 9.46. The molecule has 1 heterocycles. The summed E-state index contributed by atoms with van der Waals surface area (Å²) in [5.74, 6) is 1.62. The number of rotatable bonds is 8. The summed E-state index contributed by atoms with van der Waals surface area (Å²) in [6.07, 6.45) is 2.70. The van der Waals surface area contributed by atoms with E-state index in [4.69, 9.17) is 4.74 Å². The second kappa shape index (κ2) is 9.91. The van der Waals surface area contributed by atoms with Gasteiger partial charge in [0.15, 0.2) is 0 Å². The number of non-ortho nitro benzene ring substituents is 1. The number of aromatic amines is 1. The van der Waals surface area contributed by atoms with E-state index >= 15 is 0 Å². The predicted octanol–water partition coefficient (Wildman–Crippen LogP) is 5.62. The number of ether oxygens (including phenoxy) is 1. The first-order chi connectivity index (χ1) is 14.2. The molecule has 0 spiro atoms. The van der Waals surface area contributed by atoms with E-state index in [1.807, 2.05) is 54.7 Å². The summed E-state index contributed by atoms with van der Waals surface area (Å²) in [7, 11) is 0. The van der Waals surface area contributed by atoms with Gasteiger partial charge in [-0.2, -0.15) is 0 Å². The molecule has 0 unspecified atom stereocenters. The largest absolute Gasteiger partial charge is 0.457 e. The van der Waals surface area contributed by atoms with Crippen molar-refractivity contribution in [2.45, 2.75) is 13.0 Å². The molecule has 4 aromatic rings. The number of nitro benzene ring substituents is 1. The van der Waals surface area contributed by atoms with Crippen molar-refractivity contribution in [2.24, 2.45) is 0 Å².